The molecular formula is C21H24N2O10. The maximum absolute atomic E-state index is 13.1. The summed E-state index contributed by atoms with van der Waals surface area (Å²) in [6.45, 7) is -1.29. The summed E-state index contributed by atoms with van der Waals surface area (Å²) in [5.41, 5.74) is 0.0350. The van der Waals surface area contributed by atoms with E-state index in [1.807, 2.05) is 0 Å². The van der Waals surface area contributed by atoms with Crippen molar-refractivity contribution in [1.29, 1.82) is 0 Å². The highest BCUT2D eigenvalue weighted by Crippen LogP contribution is 2.36. The molecule has 2 amide bonds. The number of amides is 2. The van der Waals surface area contributed by atoms with E-state index in [4.69, 9.17) is 9.84 Å². The van der Waals surface area contributed by atoms with Crippen LogP contribution >= 0.6 is 0 Å². The number of nitrogens with zero attached hydrogens (tertiary/aromatic N) is 1. The number of hydrogen-bond donors (Lipinski definition) is 8. The van der Waals surface area contributed by atoms with Gasteiger partial charge in [-0.2, -0.15) is 0 Å². The van der Waals surface area contributed by atoms with E-state index in [0.29, 0.717) is 0 Å². The zero-order valence-electron chi connectivity index (χ0n) is 17.1. The van der Waals surface area contributed by atoms with Gasteiger partial charge in [-0.3, -0.25) is 14.5 Å². The molecule has 1 fully saturated rings. The second-order valence-corrected chi connectivity index (χ2v) is 7.41. The first kappa shape index (κ1) is 24.2. The molecule has 2 aromatic carbocycles. The normalized spacial score (nSPS) is 24.8. The summed E-state index contributed by atoms with van der Waals surface area (Å²) in [5, 5.41) is 70.7. The number of rotatable bonds is 6. The molecule has 12 nitrogen and oxygen atoms in total. The van der Waals surface area contributed by atoms with Gasteiger partial charge < -0.3 is 45.8 Å². The number of aliphatic hydroxyl groups excluding tert-OH is 4. The van der Waals surface area contributed by atoms with Crippen LogP contribution < -0.4 is 10.2 Å². The van der Waals surface area contributed by atoms with Crippen molar-refractivity contribution in [1.82, 2.24) is 5.32 Å². The Labute approximate surface area is 187 Å². The SMILES string of the molecule is O=C(CN(C(=O)c1cc(O)c(O)c(O)c1)c1ccccc1)N[C@@H]1[C@@H](O)[C@H](O)[C@@H](CO)O[C@H]1O. The van der Waals surface area contributed by atoms with Crippen molar-refractivity contribution in [2.45, 2.75) is 30.6 Å². The Morgan fingerprint density at radius 1 is 0.970 bits per heavy atom. The van der Waals surface area contributed by atoms with Crippen molar-refractivity contribution >= 4 is 17.5 Å². The Morgan fingerprint density at radius 2 is 1.58 bits per heavy atom. The van der Waals surface area contributed by atoms with Crippen LogP contribution in [-0.2, 0) is 9.53 Å². The van der Waals surface area contributed by atoms with Gasteiger partial charge in [0, 0.05) is 11.3 Å². The predicted octanol–water partition coefficient (Wildman–Crippen LogP) is -1.63. The lowest BCUT2D eigenvalue weighted by molar-refractivity contribution is -0.253. The fourth-order valence-corrected chi connectivity index (χ4v) is 3.40. The van der Waals surface area contributed by atoms with Crippen LogP contribution in [0.15, 0.2) is 42.5 Å². The van der Waals surface area contributed by atoms with E-state index < -0.39 is 72.9 Å². The van der Waals surface area contributed by atoms with Crippen LogP contribution in [0.5, 0.6) is 17.2 Å². The minimum atomic E-state index is -1.74. The van der Waals surface area contributed by atoms with Gasteiger partial charge >= 0.3 is 0 Å². The van der Waals surface area contributed by atoms with Gasteiger partial charge in [-0.25, -0.2) is 0 Å². The maximum Gasteiger partial charge on any atom is 0.259 e. The van der Waals surface area contributed by atoms with Crippen LogP contribution in [0.4, 0.5) is 5.69 Å². The van der Waals surface area contributed by atoms with E-state index in [-0.39, 0.29) is 11.3 Å². The van der Waals surface area contributed by atoms with Crippen molar-refractivity contribution in [3.8, 4) is 17.2 Å². The molecule has 0 spiro atoms. The van der Waals surface area contributed by atoms with Gasteiger partial charge in [0.25, 0.3) is 5.91 Å². The number of phenols is 3. The van der Waals surface area contributed by atoms with Gasteiger partial charge in [-0.1, -0.05) is 18.2 Å². The summed E-state index contributed by atoms with van der Waals surface area (Å²) >= 11 is 0. The number of anilines is 1. The number of para-hydroxylation sites is 1. The van der Waals surface area contributed by atoms with E-state index in [9.17, 15) is 40.2 Å². The van der Waals surface area contributed by atoms with Crippen LogP contribution in [0.25, 0.3) is 0 Å². The third kappa shape index (κ3) is 5.16. The van der Waals surface area contributed by atoms with Gasteiger partial charge in [0.1, 0.15) is 30.9 Å². The molecule has 0 unspecified atom stereocenters. The molecule has 0 saturated carbocycles. The largest absolute Gasteiger partial charge is 0.504 e. The molecule has 2 aromatic rings. The molecule has 12 heteroatoms. The zero-order valence-corrected chi connectivity index (χ0v) is 17.1. The van der Waals surface area contributed by atoms with Crippen LogP contribution in [0, 0.1) is 0 Å². The second-order valence-electron chi connectivity index (χ2n) is 7.41. The number of carbonyl (C=O) groups excluding carboxylic acids is 2. The number of nitrogens with one attached hydrogen (secondary N) is 1. The lowest BCUT2D eigenvalue weighted by Gasteiger charge is -2.40. The average Bonchev–Trinajstić information content (AvgIpc) is 2.80. The van der Waals surface area contributed by atoms with Crippen LogP contribution in [-0.4, -0.2) is 91.4 Å². The van der Waals surface area contributed by atoms with Crippen molar-refractivity contribution in [3.63, 3.8) is 0 Å². The van der Waals surface area contributed by atoms with Crippen molar-refractivity contribution in [2.75, 3.05) is 18.1 Å². The average molecular weight is 464 g/mol. The van der Waals surface area contributed by atoms with Crippen LogP contribution in [0.2, 0.25) is 0 Å². The lowest BCUT2D eigenvalue weighted by atomic mass is 9.97. The number of benzene rings is 2. The molecule has 0 radical (unpaired) electrons. The first-order chi connectivity index (χ1) is 15.6. The monoisotopic (exact) mass is 464 g/mol. The van der Waals surface area contributed by atoms with Crippen LogP contribution in [0.1, 0.15) is 10.4 Å². The Kier molecular flexibility index (Phi) is 7.36. The summed E-state index contributed by atoms with van der Waals surface area (Å²) in [4.78, 5) is 26.8. The maximum atomic E-state index is 13.1. The lowest BCUT2D eigenvalue weighted by Crippen LogP contribution is -2.64. The van der Waals surface area contributed by atoms with Gasteiger partial charge in [0.05, 0.1) is 6.61 Å². The number of aliphatic hydroxyl groups is 4. The quantitative estimate of drug-likeness (QED) is 0.229. The standard InChI is InChI=1S/C21H24N2O10/c24-9-14-18(29)19(30)16(21(32)33-14)22-15(27)8-23(11-4-2-1-3-5-11)20(31)10-6-12(25)17(28)13(26)7-10/h1-7,14,16,18-19,21,24-26,28-30,32H,8-9H2,(H,22,27)/t14-,16-,18-,19-,21-/m1/s1. The summed E-state index contributed by atoms with van der Waals surface area (Å²) < 4.78 is 5.00. The highest BCUT2D eigenvalue weighted by atomic mass is 16.6. The third-order valence-corrected chi connectivity index (χ3v) is 5.16. The number of aromatic hydroxyl groups is 3. The fraction of sp³-hybridized carbons (Fsp3) is 0.333. The molecule has 178 valence electrons. The molecule has 0 bridgehead atoms. The molecule has 8 N–H and O–H groups in total. The van der Waals surface area contributed by atoms with Crippen LogP contribution in [0.3, 0.4) is 0 Å². The second kappa shape index (κ2) is 10.0. The smallest absolute Gasteiger partial charge is 0.259 e. The molecule has 0 aromatic heterocycles. The Bertz CT molecular complexity index is 979. The number of phenolic OH excluding ortho intramolecular Hbond substituents is 3. The number of hydrogen-bond acceptors (Lipinski definition) is 10. The van der Waals surface area contributed by atoms with Crippen molar-refractivity contribution in [3.05, 3.63) is 48.0 Å². The first-order valence-corrected chi connectivity index (χ1v) is 9.85. The van der Waals surface area contributed by atoms with Gasteiger partial charge in [-0.15, -0.1) is 0 Å². The molecule has 1 heterocycles. The highest BCUT2D eigenvalue weighted by molar-refractivity contribution is 6.09. The molecule has 5 atom stereocenters. The topological polar surface area (TPSA) is 200 Å². The third-order valence-electron chi connectivity index (χ3n) is 5.16. The van der Waals surface area contributed by atoms with E-state index in [1.165, 1.54) is 12.1 Å². The Balaban J connectivity index is 1.83. The Hall–Kier alpha value is -3.42. The number of carbonyl (C=O) groups is 2. The summed E-state index contributed by atoms with van der Waals surface area (Å²) in [6.07, 6.45) is -6.24. The van der Waals surface area contributed by atoms with E-state index >= 15 is 0 Å². The van der Waals surface area contributed by atoms with E-state index in [1.54, 1.807) is 18.2 Å². The van der Waals surface area contributed by atoms with Crippen molar-refractivity contribution < 1.29 is 50.1 Å². The predicted molar refractivity (Wildman–Crippen MR) is 111 cm³/mol. The minimum Gasteiger partial charge on any atom is -0.504 e. The molecular weight excluding hydrogens is 440 g/mol. The Morgan fingerprint density at radius 3 is 2.15 bits per heavy atom. The zero-order chi connectivity index (χ0) is 24.3. The molecule has 1 aliphatic heterocycles. The summed E-state index contributed by atoms with van der Waals surface area (Å²) in [6, 6.07) is 8.31. The summed E-state index contributed by atoms with van der Waals surface area (Å²) in [7, 11) is 0. The molecule has 3 rings (SSSR count). The first-order valence-electron chi connectivity index (χ1n) is 9.85. The minimum absolute atomic E-state index is 0.235. The van der Waals surface area contributed by atoms with E-state index in [2.05, 4.69) is 5.32 Å². The molecule has 1 aliphatic rings. The van der Waals surface area contributed by atoms with Gasteiger partial charge in [0.2, 0.25) is 5.91 Å². The van der Waals surface area contributed by atoms with Gasteiger partial charge in [-0.05, 0) is 24.3 Å². The molecule has 1 saturated heterocycles. The molecule has 33 heavy (non-hydrogen) atoms. The number of ether oxygens (including phenoxy) is 1. The van der Waals surface area contributed by atoms with E-state index in [0.717, 1.165) is 17.0 Å². The molecule has 0 aliphatic carbocycles. The fourth-order valence-electron chi connectivity index (χ4n) is 3.40. The van der Waals surface area contributed by atoms with Gasteiger partial charge in [0.15, 0.2) is 23.5 Å². The summed E-state index contributed by atoms with van der Waals surface area (Å²) in [5.74, 6) is -3.96. The van der Waals surface area contributed by atoms with Crippen molar-refractivity contribution in [2.24, 2.45) is 0 Å². The highest BCUT2D eigenvalue weighted by Gasteiger charge is 2.44.